The monoisotopic (exact) mass is 153 g/mol. The smallest absolute Gasteiger partial charge is 0.0189 e. The average molecular weight is 153 g/mol. The molecule has 0 aliphatic carbocycles. The Morgan fingerprint density at radius 2 is 1.64 bits per heavy atom. The minimum atomic E-state index is 0.270. The third-order valence-electron chi connectivity index (χ3n) is 1.34. The Morgan fingerprint density at radius 3 is 2.00 bits per heavy atom. The van der Waals surface area contributed by atoms with E-state index in [9.17, 15) is 0 Å². The molecule has 0 fully saturated rings. The molecule has 64 valence electrons. The maximum absolute atomic E-state index is 5.63. The molecule has 0 saturated carbocycles. The van der Waals surface area contributed by atoms with Crippen molar-refractivity contribution in [3.8, 4) is 11.8 Å². The van der Waals surface area contributed by atoms with Crippen molar-refractivity contribution in [2.24, 2.45) is 17.6 Å². The summed E-state index contributed by atoms with van der Waals surface area (Å²) >= 11 is 0. The Morgan fingerprint density at radius 1 is 1.09 bits per heavy atom. The molecule has 0 aromatic heterocycles. The van der Waals surface area contributed by atoms with Crippen molar-refractivity contribution in [1.82, 2.24) is 0 Å². The molecule has 0 rings (SSSR count). The van der Waals surface area contributed by atoms with Gasteiger partial charge in [0.25, 0.3) is 0 Å². The number of rotatable bonds is 2. The summed E-state index contributed by atoms with van der Waals surface area (Å²) in [6, 6.07) is 0.270. The summed E-state index contributed by atoms with van der Waals surface area (Å²) in [7, 11) is 0. The molecule has 0 aliphatic heterocycles. The second kappa shape index (κ2) is 5.21. The van der Waals surface area contributed by atoms with Gasteiger partial charge in [-0.25, -0.2) is 0 Å². The van der Waals surface area contributed by atoms with Crippen molar-refractivity contribution in [2.45, 2.75) is 40.2 Å². The van der Waals surface area contributed by atoms with Gasteiger partial charge in [0.15, 0.2) is 0 Å². The van der Waals surface area contributed by atoms with E-state index in [1.54, 1.807) is 0 Å². The fourth-order valence-corrected chi connectivity index (χ4v) is 0.926. The predicted octanol–water partition coefficient (Wildman–Crippen LogP) is 2.02. The van der Waals surface area contributed by atoms with Gasteiger partial charge in [-0.3, -0.25) is 0 Å². The molecule has 11 heavy (non-hydrogen) atoms. The second-order valence-corrected chi connectivity index (χ2v) is 3.56. The molecule has 0 aromatic carbocycles. The van der Waals surface area contributed by atoms with Gasteiger partial charge in [0.2, 0.25) is 0 Å². The Labute approximate surface area is 70.4 Å². The fraction of sp³-hybridized carbons (Fsp3) is 0.800. The molecule has 2 N–H and O–H groups in total. The second-order valence-electron chi connectivity index (χ2n) is 3.56. The Hall–Kier alpha value is -0.480. The lowest BCUT2D eigenvalue weighted by molar-refractivity contribution is 0.574. The van der Waals surface area contributed by atoms with E-state index in [1.165, 1.54) is 0 Å². The third kappa shape index (κ3) is 7.42. The summed E-state index contributed by atoms with van der Waals surface area (Å²) in [5.41, 5.74) is 5.63. The SMILES string of the molecule is CC(C)C#CC(C)CC(C)N. The molecule has 2 unspecified atom stereocenters. The lowest BCUT2D eigenvalue weighted by Gasteiger charge is -2.06. The highest BCUT2D eigenvalue weighted by Gasteiger charge is 2.00. The molecule has 0 heterocycles. The summed E-state index contributed by atoms with van der Waals surface area (Å²) in [5, 5.41) is 0. The van der Waals surface area contributed by atoms with Gasteiger partial charge in [-0.05, 0) is 13.3 Å². The summed E-state index contributed by atoms with van der Waals surface area (Å²) in [6.45, 7) is 8.35. The van der Waals surface area contributed by atoms with Crippen LogP contribution in [0.3, 0.4) is 0 Å². The first-order chi connectivity index (χ1) is 5.02. The van der Waals surface area contributed by atoms with Crippen LogP contribution in [0.25, 0.3) is 0 Å². The molecule has 0 aromatic rings. The van der Waals surface area contributed by atoms with E-state index in [1.807, 2.05) is 6.92 Å². The number of hydrogen-bond donors (Lipinski definition) is 1. The maximum atomic E-state index is 5.63. The van der Waals surface area contributed by atoms with Gasteiger partial charge in [-0.15, -0.1) is 5.92 Å². The van der Waals surface area contributed by atoms with Crippen molar-refractivity contribution in [3.63, 3.8) is 0 Å². The molecule has 0 spiro atoms. The zero-order chi connectivity index (χ0) is 8.85. The van der Waals surface area contributed by atoms with Gasteiger partial charge in [-0.2, -0.15) is 0 Å². The molecule has 0 amide bonds. The Kier molecular flexibility index (Phi) is 4.98. The van der Waals surface area contributed by atoms with Crippen LogP contribution in [0.1, 0.15) is 34.1 Å². The molecule has 0 saturated heterocycles. The van der Waals surface area contributed by atoms with E-state index in [2.05, 4.69) is 32.6 Å². The largest absolute Gasteiger partial charge is 0.328 e. The van der Waals surface area contributed by atoms with Gasteiger partial charge in [-0.1, -0.05) is 26.7 Å². The zero-order valence-electron chi connectivity index (χ0n) is 8.02. The quantitative estimate of drug-likeness (QED) is 0.603. The number of nitrogens with two attached hydrogens (primary N) is 1. The van der Waals surface area contributed by atoms with Gasteiger partial charge in [0, 0.05) is 17.9 Å². The van der Waals surface area contributed by atoms with Gasteiger partial charge >= 0.3 is 0 Å². The predicted molar refractivity (Wildman–Crippen MR) is 50.0 cm³/mol. The van der Waals surface area contributed by atoms with Crippen molar-refractivity contribution >= 4 is 0 Å². The van der Waals surface area contributed by atoms with Gasteiger partial charge in [0.05, 0.1) is 0 Å². The lowest BCUT2D eigenvalue weighted by Crippen LogP contribution is -2.17. The standard InChI is InChI=1S/C10H19N/c1-8(2)5-6-9(3)7-10(4)11/h8-10H,7,11H2,1-4H3. The molecule has 1 heteroatoms. The molecular weight excluding hydrogens is 134 g/mol. The topological polar surface area (TPSA) is 26.0 Å². The molecular formula is C10H19N. The molecule has 0 aliphatic rings. The number of hydrogen-bond acceptors (Lipinski definition) is 1. The maximum Gasteiger partial charge on any atom is 0.0189 e. The molecule has 0 radical (unpaired) electrons. The van der Waals surface area contributed by atoms with Crippen LogP contribution in [0.15, 0.2) is 0 Å². The first kappa shape index (κ1) is 10.5. The first-order valence-corrected chi connectivity index (χ1v) is 4.29. The first-order valence-electron chi connectivity index (χ1n) is 4.29. The van der Waals surface area contributed by atoms with Crippen molar-refractivity contribution < 1.29 is 0 Å². The molecule has 2 atom stereocenters. The van der Waals surface area contributed by atoms with Crippen molar-refractivity contribution in [1.29, 1.82) is 0 Å². The van der Waals surface area contributed by atoms with Gasteiger partial charge in [0.1, 0.15) is 0 Å². The lowest BCUT2D eigenvalue weighted by atomic mass is 10.0. The van der Waals surface area contributed by atoms with Crippen molar-refractivity contribution in [2.75, 3.05) is 0 Å². The third-order valence-corrected chi connectivity index (χ3v) is 1.34. The summed E-state index contributed by atoms with van der Waals surface area (Å²) in [6.07, 6.45) is 1.000. The highest BCUT2D eigenvalue weighted by Crippen LogP contribution is 2.02. The van der Waals surface area contributed by atoms with Crippen LogP contribution in [-0.4, -0.2) is 6.04 Å². The zero-order valence-corrected chi connectivity index (χ0v) is 8.02. The van der Waals surface area contributed by atoms with Crippen LogP contribution in [0.4, 0.5) is 0 Å². The summed E-state index contributed by atoms with van der Waals surface area (Å²) in [5.74, 6) is 7.25. The molecule has 1 nitrogen and oxygen atoms in total. The minimum Gasteiger partial charge on any atom is -0.328 e. The summed E-state index contributed by atoms with van der Waals surface area (Å²) < 4.78 is 0. The highest BCUT2D eigenvalue weighted by molar-refractivity contribution is 5.04. The van der Waals surface area contributed by atoms with Crippen molar-refractivity contribution in [3.05, 3.63) is 0 Å². The van der Waals surface area contributed by atoms with E-state index in [4.69, 9.17) is 5.73 Å². The van der Waals surface area contributed by atoms with Crippen LogP contribution in [-0.2, 0) is 0 Å². The highest BCUT2D eigenvalue weighted by atomic mass is 14.6. The average Bonchev–Trinajstić information content (AvgIpc) is 1.82. The molecule has 0 bridgehead atoms. The van der Waals surface area contributed by atoms with Crippen LogP contribution in [0.2, 0.25) is 0 Å². The van der Waals surface area contributed by atoms with E-state index in [0.29, 0.717) is 11.8 Å². The van der Waals surface area contributed by atoms with E-state index in [-0.39, 0.29) is 6.04 Å². The normalized spacial score (nSPS) is 15.5. The minimum absolute atomic E-state index is 0.270. The Bertz CT molecular complexity index is 148. The van der Waals surface area contributed by atoms with E-state index >= 15 is 0 Å². The van der Waals surface area contributed by atoms with Crippen LogP contribution in [0.5, 0.6) is 0 Å². The van der Waals surface area contributed by atoms with E-state index < -0.39 is 0 Å². The summed E-state index contributed by atoms with van der Waals surface area (Å²) in [4.78, 5) is 0. The Balaban J connectivity index is 3.70. The van der Waals surface area contributed by atoms with Gasteiger partial charge < -0.3 is 5.73 Å². The van der Waals surface area contributed by atoms with Crippen LogP contribution in [0, 0.1) is 23.7 Å². The van der Waals surface area contributed by atoms with Crippen LogP contribution < -0.4 is 5.73 Å². The van der Waals surface area contributed by atoms with Crippen LogP contribution >= 0.6 is 0 Å². The van der Waals surface area contributed by atoms with E-state index in [0.717, 1.165) is 6.42 Å². The fourth-order valence-electron chi connectivity index (χ4n) is 0.926.